The smallest absolute Gasteiger partial charge is 0.0809 e. The van der Waals surface area contributed by atoms with Crippen LogP contribution in [-0.4, -0.2) is 12.6 Å². The van der Waals surface area contributed by atoms with Crippen molar-refractivity contribution in [3.8, 4) is 0 Å². The normalized spacial score (nSPS) is 5.89. The third-order valence-electron chi connectivity index (χ3n) is 0.203. The molecule has 0 fully saturated rings. The molecule has 0 unspecified atom stereocenters. The summed E-state index contributed by atoms with van der Waals surface area (Å²) in [6.45, 7) is 2.98. The Bertz CT molecular complexity index is 59.8. The Morgan fingerprint density at radius 3 is 1.89 bits per heavy atom. The van der Waals surface area contributed by atoms with Gasteiger partial charge >= 0.3 is 46.9 Å². The second-order valence-electron chi connectivity index (χ2n) is 0.925. The maximum Gasteiger partial charge on any atom is -0.0809 e. The van der Waals surface area contributed by atoms with Crippen LogP contribution in [-0.2, 0) is 34.0 Å². The van der Waals surface area contributed by atoms with Crippen LogP contribution in [0.3, 0.4) is 0 Å². The molecule has 0 aromatic heterocycles. The molecule has 0 atom stereocenters. The molecule has 0 rings (SSSR count). The standard InChI is InChI=1S/C2H4O2.C2H5O.Hg.H3N/c1-2(3)4;1-2-3;;/h1H3,(H,3,4);2H2,1H3;;1H3/q;-1;+1;. The Hall–Kier alpha value is 0.325. The van der Waals surface area contributed by atoms with Crippen LogP contribution in [0.1, 0.15) is 13.8 Å². The van der Waals surface area contributed by atoms with Gasteiger partial charge in [0.15, 0.2) is 0 Å². The number of carbonyl (C=O) groups excluding carboxylic acids is 1. The van der Waals surface area contributed by atoms with Crippen molar-refractivity contribution in [3.63, 3.8) is 0 Å². The van der Waals surface area contributed by atoms with Gasteiger partial charge in [-0.25, -0.2) is 0 Å². The summed E-state index contributed by atoms with van der Waals surface area (Å²) < 4.78 is 4.31. The first kappa shape index (κ1) is 16.2. The summed E-state index contributed by atoms with van der Waals surface area (Å²) in [6.07, 6.45) is 0. The zero-order valence-electron chi connectivity index (χ0n) is 6.14. The van der Waals surface area contributed by atoms with Crippen molar-refractivity contribution < 1.29 is 39.1 Å². The van der Waals surface area contributed by atoms with E-state index in [0.29, 0.717) is 0 Å². The molecule has 0 aliphatic carbocycles. The molecule has 0 aromatic rings. The Balaban J connectivity index is -0.0000000800. The minimum Gasteiger partial charge on any atom is -0.855 e. The molecule has 53 valence electrons. The van der Waals surface area contributed by atoms with E-state index in [0.717, 1.165) is 0 Å². The van der Waals surface area contributed by atoms with Gasteiger partial charge in [-0.3, -0.25) is 0 Å². The predicted molar refractivity (Wildman–Crippen MR) is 28.3 cm³/mol. The maximum absolute atomic E-state index is 9.64. The molecule has 0 aliphatic heterocycles. The molecule has 4 nitrogen and oxygen atoms in total. The Kier molecular flexibility index (Phi) is 28.3. The molecule has 0 heterocycles. The van der Waals surface area contributed by atoms with Gasteiger partial charge in [0.05, 0.1) is 0 Å². The van der Waals surface area contributed by atoms with Crippen LogP contribution in [0.2, 0.25) is 0 Å². The van der Waals surface area contributed by atoms with Gasteiger partial charge in [0.25, 0.3) is 0 Å². The second kappa shape index (κ2) is 15.8. The summed E-state index contributed by atoms with van der Waals surface area (Å²) in [4.78, 5) is 9.64. The van der Waals surface area contributed by atoms with E-state index in [1.54, 1.807) is 6.92 Å². The van der Waals surface area contributed by atoms with Crippen LogP contribution in [0, 0.1) is 0 Å². The second-order valence-corrected chi connectivity index (χ2v) is 2.05. The fourth-order valence-electron chi connectivity index (χ4n) is 0. The monoisotopic (exact) mass is 324 g/mol. The van der Waals surface area contributed by atoms with Crippen LogP contribution in [0.25, 0.3) is 0 Å². The number of quaternary nitrogens is 1. The Morgan fingerprint density at radius 2 is 1.89 bits per heavy atom. The summed E-state index contributed by atoms with van der Waals surface area (Å²) in [7, 11) is 0. The van der Waals surface area contributed by atoms with E-state index in [1.165, 1.54) is 6.92 Å². The van der Waals surface area contributed by atoms with Crippen LogP contribution in [0.4, 0.5) is 0 Å². The van der Waals surface area contributed by atoms with Crippen molar-refractivity contribution in [2.45, 2.75) is 13.8 Å². The first-order valence-electron chi connectivity index (χ1n) is 2.19. The van der Waals surface area contributed by atoms with Crippen LogP contribution < -0.4 is 11.3 Å². The summed E-state index contributed by atoms with van der Waals surface area (Å²) in [5.41, 5.74) is 0. The summed E-state index contributed by atoms with van der Waals surface area (Å²) in [5.74, 6) is -0.159. The molecule has 0 aliphatic rings. The van der Waals surface area contributed by atoms with E-state index in [-0.39, 0.29) is 45.3 Å². The van der Waals surface area contributed by atoms with Gasteiger partial charge in [-0.2, -0.15) is 0 Å². The summed E-state index contributed by atoms with van der Waals surface area (Å²) >= 11 is 0.194. The van der Waals surface area contributed by atoms with Crippen LogP contribution >= 0.6 is 0 Å². The third-order valence-corrected chi connectivity index (χ3v) is 1.78. The third kappa shape index (κ3) is 61.6. The number of carbonyl (C=O) groups is 1. The van der Waals surface area contributed by atoms with Crippen molar-refractivity contribution in [2.75, 3.05) is 6.61 Å². The van der Waals surface area contributed by atoms with Gasteiger partial charge in [-0.15, -0.1) is 6.61 Å². The van der Waals surface area contributed by atoms with Gasteiger partial charge in [0.2, 0.25) is 0 Å². The molecule has 0 spiro atoms. The van der Waals surface area contributed by atoms with Gasteiger partial charge < -0.3 is 11.3 Å². The quantitative estimate of drug-likeness (QED) is 0.624. The number of rotatable bonds is 0. The minimum absolute atomic E-state index is 0. The average Bonchev–Trinajstić information content (AvgIpc) is 1.69. The molecule has 0 radical (unpaired) electrons. The van der Waals surface area contributed by atoms with Gasteiger partial charge in [-0.05, 0) is 0 Å². The maximum atomic E-state index is 9.64. The van der Waals surface area contributed by atoms with Crippen LogP contribution in [0.5, 0.6) is 0 Å². The van der Waals surface area contributed by atoms with Crippen LogP contribution in [0.15, 0.2) is 0 Å². The van der Waals surface area contributed by atoms with E-state index >= 15 is 0 Å². The van der Waals surface area contributed by atoms with E-state index in [9.17, 15) is 4.79 Å². The molecule has 0 bridgehead atoms. The van der Waals surface area contributed by atoms with E-state index < -0.39 is 0 Å². The molecular formula is C4H12HgNO3. The molecule has 0 saturated heterocycles. The van der Waals surface area contributed by atoms with E-state index in [2.05, 4.69) is 2.64 Å². The molecular weight excluding hydrogens is 311 g/mol. The van der Waals surface area contributed by atoms with Crippen molar-refractivity contribution >= 4 is 5.97 Å². The zero-order chi connectivity index (χ0) is 6.99. The fourth-order valence-corrected chi connectivity index (χ4v) is 0. The Labute approximate surface area is 71.8 Å². The first-order valence-corrected chi connectivity index (χ1v) is 4.44. The predicted octanol–water partition coefficient (Wildman–Crippen LogP) is -0.246. The fraction of sp³-hybridized carbons (Fsp3) is 0.750. The van der Waals surface area contributed by atoms with Crippen molar-refractivity contribution in [2.24, 2.45) is 0 Å². The number of hydrogen-bond acceptors (Lipinski definition) is 3. The van der Waals surface area contributed by atoms with Gasteiger partial charge in [-0.1, -0.05) is 6.92 Å². The SMILES string of the molecule is CC(=O)[O][Hg].CC[O-].[NH4+]. The largest absolute Gasteiger partial charge is 0.855 e. The van der Waals surface area contributed by atoms with Crippen molar-refractivity contribution in [3.05, 3.63) is 0 Å². The summed E-state index contributed by atoms with van der Waals surface area (Å²) in [6, 6.07) is 0. The molecule has 4 N–H and O–H groups in total. The van der Waals surface area contributed by atoms with Crippen molar-refractivity contribution in [1.82, 2.24) is 6.15 Å². The molecule has 0 saturated carbocycles. The molecule has 0 amide bonds. The van der Waals surface area contributed by atoms with Crippen molar-refractivity contribution in [1.29, 1.82) is 0 Å². The Morgan fingerprint density at radius 1 is 1.78 bits per heavy atom. The minimum atomic E-state index is -0.159. The van der Waals surface area contributed by atoms with Gasteiger partial charge in [0.1, 0.15) is 0 Å². The molecule has 9 heavy (non-hydrogen) atoms. The zero-order valence-corrected chi connectivity index (χ0v) is 11.6. The summed E-state index contributed by atoms with van der Waals surface area (Å²) in [5, 5.41) is 8.93. The first-order chi connectivity index (χ1) is 3.68. The van der Waals surface area contributed by atoms with E-state index in [4.69, 9.17) is 5.11 Å². The van der Waals surface area contributed by atoms with Gasteiger partial charge in [0, 0.05) is 0 Å². The molecule has 5 heteroatoms. The topological polar surface area (TPSA) is 85.9 Å². The average molecular weight is 323 g/mol. The molecule has 0 aromatic carbocycles. The number of hydrogen-bond donors (Lipinski definition) is 1. The van der Waals surface area contributed by atoms with E-state index in [1.807, 2.05) is 0 Å².